The molecule has 1 atom stereocenters. The highest BCUT2D eigenvalue weighted by atomic mass is 19.4. The minimum Gasteiger partial charge on any atom is -0.354 e. The summed E-state index contributed by atoms with van der Waals surface area (Å²) in [5, 5.41) is 6.18. The minimum atomic E-state index is -4.50. The van der Waals surface area contributed by atoms with E-state index >= 15 is 0 Å². The van der Waals surface area contributed by atoms with Crippen molar-refractivity contribution in [1.82, 2.24) is 20.0 Å². The van der Waals surface area contributed by atoms with Crippen LogP contribution in [0.3, 0.4) is 0 Å². The van der Waals surface area contributed by atoms with Crippen LogP contribution < -0.4 is 5.32 Å². The molecule has 5 nitrogen and oxygen atoms in total. The fourth-order valence-electron chi connectivity index (χ4n) is 1.88. The van der Waals surface area contributed by atoms with Gasteiger partial charge in [-0.3, -0.25) is 9.48 Å². The molecule has 0 saturated heterocycles. The molecule has 1 N–H and O–H groups in total. The van der Waals surface area contributed by atoms with Crippen LogP contribution in [-0.2, 0) is 11.0 Å². The normalized spacial score (nSPS) is 13.5. The van der Waals surface area contributed by atoms with E-state index in [1.807, 2.05) is 19.0 Å². The number of alkyl halides is 3. The van der Waals surface area contributed by atoms with Gasteiger partial charge in [0, 0.05) is 12.2 Å². The van der Waals surface area contributed by atoms with Gasteiger partial charge in [-0.2, -0.15) is 18.3 Å². The summed E-state index contributed by atoms with van der Waals surface area (Å²) in [7, 11) is 3.85. The molecule has 0 aliphatic rings. The number of amides is 1. The lowest BCUT2D eigenvalue weighted by molar-refractivity contribution is -0.142. The summed E-state index contributed by atoms with van der Waals surface area (Å²) in [6.45, 7) is 4.33. The van der Waals surface area contributed by atoms with E-state index in [0.717, 1.165) is 23.7 Å². The van der Waals surface area contributed by atoms with Crippen molar-refractivity contribution >= 4 is 5.91 Å². The van der Waals surface area contributed by atoms with Crippen LogP contribution in [0.4, 0.5) is 13.2 Å². The van der Waals surface area contributed by atoms with Crippen LogP contribution in [0.15, 0.2) is 6.07 Å². The molecular formula is C13H21F3N4O. The molecule has 0 fully saturated rings. The molecule has 1 heterocycles. The number of halogens is 3. The Morgan fingerprint density at radius 2 is 2.10 bits per heavy atom. The SMILES string of the molecule is Cc1cc(C(F)(F)F)nn1[C@H](C)C(=O)NCCCN(C)C. The van der Waals surface area contributed by atoms with E-state index in [-0.39, 0.29) is 5.91 Å². The molecule has 0 aliphatic heterocycles. The zero-order valence-corrected chi connectivity index (χ0v) is 12.7. The lowest BCUT2D eigenvalue weighted by atomic mass is 10.3. The molecule has 0 saturated carbocycles. The summed E-state index contributed by atoms with van der Waals surface area (Å²) < 4.78 is 38.9. The first kappa shape index (κ1) is 17.5. The molecule has 8 heteroatoms. The number of nitrogens with zero attached hydrogens (tertiary/aromatic N) is 3. The van der Waals surface area contributed by atoms with Crippen molar-refractivity contribution in [2.24, 2.45) is 0 Å². The summed E-state index contributed by atoms with van der Waals surface area (Å²) in [5.74, 6) is -0.339. The summed E-state index contributed by atoms with van der Waals surface area (Å²) in [6.07, 6.45) is -3.73. The highest BCUT2D eigenvalue weighted by Crippen LogP contribution is 2.29. The van der Waals surface area contributed by atoms with Crippen molar-refractivity contribution in [3.8, 4) is 0 Å². The van der Waals surface area contributed by atoms with Gasteiger partial charge in [0.2, 0.25) is 5.91 Å². The maximum absolute atomic E-state index is 12.6. The number of carbonyl (C=O) groups is 1. The van der Waals surface area contributed by atoms with Gasteiger partial charge in [0.1, 0.15) is 6.04 Å². The number of hydrogen-bond acceptors (Lipinski definition) is 3. The number of aromatic nitrogens is 2. The molecular weight excluding hydrogens is 285 g/mol. The van der Waals surface area contributed by atoms with Gasteiger partial charge >= 0.3 is 6.18 Å². The lowest BCUT2D eigenvalue weighted by Crippen LogP contribution is -2.33. The van der Waals surface area contributed by atoms with Crippen LogP contribution in [0.1, 0.15) is 30.8 Å². The van der Waals surface area contributed by atoms with Crippen LogP contribution >= 0.6 is 0 Å². The van der Waals surface area contributed by atoms with E-state index < -0.39 is 17.9 Å². The maximum atomic E-state index is 12.6. The minimum absolute atomic E-state index is 0.304. The Hall–Kier alpha value is -1.57. The van der Waals surface area contributed by atoms with Crippen molar-refractivity contribution < 1.29 is 18.0 Å². The molecule has 0 spiro atoms. The zero-order valence-electron chi connectivity index (χ0n) is 12.7. The lowest BCUT2D eigenvalue weighted by Gasteiger charge is -2.15. The molecule has 1 aromatic heterocycles. The van der Waals surface area contributed by atoms with Gasteiger partial charge in [-0.1, -0.05) is 0 Å². The molecule has 0 bridgehead atoms. The van der Waals surface area contributed by atoms with Crippen molar-refractivity contribution in [2.75, 3.05) is 27.2 Å². The fourth-order valence-corrected chi connectivity index (χ4v) is 1.88. The van der Waals surface area contributed by atoms with Gasteiger partial charge < -0.3 is 10.2 Å². The Kier molecular flexibility index (Phi) is 5.77. The fraction of sp³-hybridized carbons (Fsp3) is 0.692. The van der Waals surface area contributed by atoms with E-state index in [2.05, 4.69) is 10.4 Å². The van der Waals surface area contributed by atoms with Crippen LogP contribution in [-0.4, -0.2) is 47.8 Å². The van der Waals surface area contributed by atoms with Gasteiger partial charge in [0.05, 0.1) is 0 Å². The van der Waals surface area contributed by atoms with E-state index in [1.165, 1.54) is 13.8 Å². The van der Waals surface area contributed by atoms with Gasteiger partial charge in [-0.05, 0) is 47.0 Å². The Labute approximate surface area is 122 Å². The molecule has 120 valence electrons. The highest BCUT2D eigenvalue weighted by Gasteiger charge is 2.35. The molecule has 1 amide bonds. The van der Waals surface area contributed by atoms with E-state index in [1.54, 1.807) is 0 Å². The first-order chi connectivity index (χ1) is 9.62. The Morgan fingerprint density at radius 1 is 1.48 bits per heavy atom. The van der Waals surface area contributed by atoms with E-state index in [4.69, 9.17) is 0 Å². The molecule has 0 radical (unpaired) electrons. The van der Waals surface area contributed by atoms with Crippen molar-refractivity contribution in [3.05, 3.63) is 17.5 Å². The summed E-state index contributed by atoms with van der Waals surface area (Å²) in [4.78, 5) is 13.9. The molecule has 1 rings (SSSR count). The quantitative estimate of drug-likeness (QED) is 0.816. The summed E-state index contributed by atoms with van der Waals surface area (Å²) >= 11 is 0. The zero-order chi connectivity index (χ0) is 16.2. The predicted octanol–water partition coefficient (Wildman–Crippen LogP) is 1.84. The number of carbonyl (C=O) groups excluding carboxylic acids is 1. The molecule has 0 aromatic carbocycles. The second kappa shape index (κ2) is 6.93. The number of nitrogens with one attached hydrogen (secondary N) is 1. The smallest absolute Gasteiger partial charge is 0.354 e. The van der Waals surface area contributed by atoms with Gasteiger partial charge in [0.15, 0.2) is 5.69 Å². The summed E-state index contributed by atoms with van der Waals surface area (Å²) in [5.41, 5.74) is -0.675. The predicted molar refractivity (Wildman–Crippen MR) is 72.9 cm³/mol. The monoisotopic (exact) mass is 306 g/mol. The first-order valence-corrected chi connectivity index (χ1v) is 6.68. The van der Waals surface area contributed by atoms with Gasteiger partial charge in [-0.15, -0.1) is 0 Å². The Bertz CT molecular complexity index is 482. The second-order valence-electron chi connectivity index (χ2n) is 5.24. The number of rotatable bonds is 6. The van der Waals surface area contributed by atoms with Crippen molar-refractivity contribution in [3.63, 3.8) is 0 Å². The third-order valence-electron chi connectivity index (χ3n) is 3.04. The number of aryl methyl sites for hydroxylation is 1. The maximum Gasteiger partial charge on any atom is 0.435 e. The third kappa shape index (κ3) is 5.04. The van der Waals surface area contributed by atoms with Crippen LogP contribution in [0.25, 0.3) is 0 Å². The van der Waals surface area contributed by atoms with E-state index in [9.17, 15) is 18.0 Å². The summed E-state index contributed by atoms with van der Waals surface area (Å²) in [6, 6.07) is 0.163. The van der Waals surface area contributed by atoms with Crippen molar-refractivity contribution in [2.45, 2.75) is 32.5 Å². The molecule has 0 aliphatic carbocycles. The standard InChI is InChI=1S/C13H21F3N4O/c1-9-8-11(13(14,15)16)18-20(9)10(2)12(21)17-6-5-7-19(3)4/h8,10H,5-7H2,1-4H3,(H,17,21)/t10-/m1/s1. The van der Waals surface area contributed by atoms with Crippen LogP contribution in [0.2, 0.25) is 0 Å². The van der Waals surface area contributed by atoms with Crippen molar-refractivity contribution in [1.29, 1.82) is 0 Å². The second-order valence-corrected chi connectivity index (χ2v) is 5.24. The average Bonchev–Trinajstić information content (AvgIpc) is 2.75. The number of hydrogen-bond donors (Lipinski definition) is 1. The third-order valence-corrected chi connectivity index (χ3v) is 3.04. The molecule has 1 aromatic rings. The van der Waals surface area contributed by atoms with Crippen LogP contribution in [0, 0.1) is 6.92 Å². The average molecular weight is 306 g/mol. The molecule has 21 heavy (non-hydrogen) atoms. The first-order valence-electron chi connectivity index (χ1n) is 6.68. The van der Waals surface area contributed by atoms with Crippen LogP contribution in [0.5, 0.6) is 0 Å². The molecule has 0 unspecified atom stereocenters. The highest BCUT2D eigenvalue weighted by molar-refractivity contribution is 5.79. The van der Waals surface area contributed by atoms with Gasteiger partial charge in [-0.25, -0.2) is 0 Å². The Balaban J connectivity index is 2.64. The largest absolute Gasteiger partial charge is 0.435 e. The Morgan fingerprint density at radius 3 is 2.57 bits per heavy atom. The van der Waals surface area contributed by atoms with E-state index in [0.29, 0.717) is 12.2 Å². The van der Waals surface area contributed by atoms with Gasteiger partial charge in [0.25, 0.3) is 0 Å². The topological polar surface area (TPSA) is 50.2 Å².